The number of hydrogen-bond acceptors (Lipinski definition) is 2. The summed E-state index contributed by atoms with van der Waals surface area (Å²) in [6.07, 6.45) is 2.49. The molecule has 0 aliphatic rings. The number of hydrogen-bond donors (Lipinski definition) is 1. The average Bonchev–Trinajstić information content (AvgIpc) is 2.48. The van der Waals surface area contributed by atoms with Crippen LogP contribution >= 0.6 is 15.9 Å². The van der Waals surface area contributed by atoms with Crippen molar-refractivity contribution in [3.63, 3.8) is 0 Å². The van der Waals surface area contributed by atoms with Crippen molar-refractivity contribution in [2.75, 3.05) is 0 Å². The second kappa shape index (κ2) is 9.07. The second-order valence-electron chi connectivity index (χ2n) is 3.91. The molecule has 3 nitrogen and oxygen atoms in total. The van der Waals surface area contributed by atoms with Crippen LogP contribution in [0.4, 0.5) is 0 Å². The minimum Gasteiger partial charge on any atom is -0.545 e. The van der Waals surface area contributed by atoms with Gasteiger partial charge in [0.1, 0.15) is 0 Å². The molecule has 20 heavy (non-hydrogen) atoms. The zero-order valence-electron chi connectivity index (χ0n) is 11.0. The standard InChI is InChI=1S/C9H7BrO2.C7H9N/c10-8-4-2-1-3-7(8)5-6-9(11)12;8-6-7-4-2-1-3-5-7/h1-6H,(H,11,12);1-5H,6,8H2/b6-5+;. The van der Waals surface area contributed by atoms with Crippen LogP contribution in [-0.4, -0.2) is 5.97 Å². The zero-order chi connectivity index (χ0) is 14.8. The Morgan fingerprint density at radius 1 is 1.10 bits per heavy atom. The highest BCUT2D eigenvalue weighted by Crippen LogP contribution is 2.16. The van der Waals surface area contributed by atoms with Gasteiger partial charge in [-0.3, -0.25) is 0 Å². The number of carboxylic acids is 1. The van der Waals surface area contributed by atoms with Crippen LogP contribution in [0.5, 0.6) is 0 Å². The second-order valence-corrected chi connectivity index (χ2v) is 4.76. The first-order valence-corrected chi connectivity index (χ1v) is 6.89. The fourth-order valence-corrected chi connectivity index (χ4v) is 1.83. The number of carboxylic acid groups (broad SMARTS) is 1. The Hall–Kier alpha value is -1.91. The van der Waals surface area contributed by atoms with Gasteiger partial charge in [-0.05, 0) is 17.7 Å². The van der Waals surface area contributed by atoms with Crippen molar-refractivity contribution in [3.05, 3.63) is 76.3 Å². The van der Waals surface area contributed by atoms with Gasteiger partial charge in [0.2, 0.25) is 0 Å². The number of benzene rings is 2. The molecule has 0 bridgehead atoms. The first-order valence-electron chi connectivity index (χ1n) is 6.10. The van der Waals surface area contributed by atoms with Gasteiger partial charge in [0, 0.05) is 10.0 Å². The molecule has 0 amide bonds. The molecule has 2 aromatic carbocycles. The average molecular weight is 334 g/mol. The molecular formula is C16H16BrNO2. The Bertz CT molecular complexity index is 568. The molecule has 0 spiro atoms. The summed E-state index contributed by atoms with van der Waals surface area (Å²) in [6.45, 7) is 0.890. The summed E-state index contributed by atoms with van der Waals surface area (Å²) >= 11 is 3.28. The number of rotatable bonds is 3. The van der Waals surface area contributed by atoms with E-state index in [9.17, 15) is 9.90 Å². The van der Waals surface area contributed by atoms with E-state index < -0.39 is 5.97 Å². The molecule has 4 heteroatoms. The van der Waals surface area contributed by atoms with E-state index in [-0.39, 0.29) is 0 Å². The number of halogens is 1. The topological polar surface area (TPSA) is 67.8 Å². The summed E-state index contributed by atoms with van der Waals surface area (Å²) in [6, 6.07) is 17.6. The van der Waals surface area contributed by atoms with E-state index in [1.807, 2.05) is 42.5 Å². The lowest BCUT2D eigenvalue weighted by Crippen LogP contribution is -2.47. The van der Waals surface area contributed by atoms with Crippen molar-refractivity contribution in [1.82, 2.24) is 0 Å². The van der Waals surface area contributed by atoms with Crippen LogP contribution in [0.2, 0.25) is 0 Å². The van der Waals surface area contributed by atoms with E-state index in [1.54, 1.807) is 0 Å². The lowest BCUT2D eigenvalue weighted by Gasteiger charge is -1.96. The summed E-state index contributed by atoms with van der Waals surface area (Å²) in [5.41, 5.74) is 5.88. The smallest absolute Gasteiger partial charge is 0.0997 e. The molecule has 0 aliphatic carbocycles. The Balaban J connectivity index is 0.000000217. The molecule has 104 valence electrons. The fraction of sp³-hybridized carbons (Fsp3) is 0.0625. The molecular weight excluding hydrogens is 318 g/mol. The van der Waals surface area contributed by atoms with Crippen LogP contribution in [0.1, 0.15) is 11.1 Å². The van der Waals surface area contributed by atoms with Gasteiger partial charge in [-0.25, -0.2) is 0 Å². The molecule has 0 aromatic heterocycles. The fourth-order valence-electron chi connectivity index (χ4n) is 1.41. The predicted molar refractivity (Wildman–Crippen MR) is 81.2 cm³/mol. The van der Waals surface area contributed by atoms with E-state index in [0.29, 0.717) is 0 Å². The van der Waals surface area contributed by atoms with Gasteiger partial charge in [0.15, 0.2) is 0 Å². The Morgan fingerprint density at radius 2 is 1.70 bits per heavy atom. The lowest BCUT2D eigenvalue weighted by molar-refractivity contribution is -0.386. The van der Waals surface area contributed by atoms with Gasteiger partial charge in [0.25, 0.3) is 0 Å². The third-order valence-corrected chi connectivity index (χ3v) is 3.16. The van der Waals surface area contributed by atoms with Gasteiger partial charge in [-0.1, -0.05) is 70.5 Å². The quantitative estimate of drug-likeness (QED) is 0.867. The van der Waals surface area contributed by atoms with Gasteiger partial charge >= 0.3 is 0 Å². The van der Waals surface area contributed by atoms with E-state index in [0.717, 1.165) is 22.7 Å². The van der Waals surface area contributed by atoms with Gasteiger partial charge in [-0.2, -0.15) is 0 Å². The van der Waals surface area contributed by atoms with Gasteiger partial charge in [0.05, 0.1) is 12.5 Å². The summed E-state index contributed by atoms with van der Waals surface area (Å²) in [4.78, 5) is 10.1. The summed E-state index contributed by atoms with van der Waals surface area (Å²) in [5, 5.41) is 10.1. The monoisotopic (exact) mass is 333 g/mol. The molecule has 2 rings (SSSR count). The maximum Gasteiger partial charge on any atom is 0.0997 e. The zero-order valence-corrected chi connectivity index (χ0v) is 12.5. The number of carbonyl (C=O) groups excluding carboxylic acids is 1. The van der Waals surface area contributed by atoms with E-state index in [2.05, 4.69) is 33.8 Å². The number of aliphatic carboxylic acids is 1. The maximum absolute atomic E-state index is 10.1. The highest BCUT2D eigenvalue weighted by Gasteiger charge is 1.91. The van der Waals surface area contributed by atoms with Crippen LogP contribution in [0.3, 0.4) is 0 Å². The third-order valence-electron chi connectivity index (χ3n) is 2.44. The van der Waals surface area contributed by atoms with Crippen molar-refractivity contribution in [3.8, 4) is 0 Å². The SMILES string of the molecule is O=C([O-])/C=C/c1ccccc1Br.[NH3+]Cc1ccccc1. The molecule has 0 unspecified atom stereocenters. The minimum absolute atomic E-state index is 0.821. The first kappa shape index (κ1) is 16.1. The molecule has 0 saturated carbocycles. The molecule has 0 saturated heterocycles. The highest BCUT2D eigenvalue weighted by atomic mass is 79.9. The van der Waals surface area contributed by atoms with Gasteiger partial charge < -0.3 is 15.6 Å². The van der Waals surface area contributed by atoms with Crippen LogP contribution in [-0.2, 0) is 11.3 Å². The Kier molecular flexibility index (Phi) is 7.32. The molecule has 0 aliphatic heterocycles. The third kappa shape index (κ3) is 6.31. The number of quaternary nitrogens is 1. The largest absolute Gasteiger partial charge is 0.545 e. The minimum atomic E-state index is -1.19. The maximum atomic E-state index is 10.1. The molecule has 0 fully saturated rings. The predicted octanol–water partition coefficient (Wildman–Crippen LogP) is 1.64. The Labute approximate surface area is 126 Å². The normalized spacial score (nSPS) is 9.90. The highest BCUT2D eigenvalue weighted by molar-refractivity contribution is 9.10. The van der Waals surface area contributed by atoms with Crippen molar-refractivity contribution in [2.45, 2.75) is 6.54 Å². The summed E-state index contributed by atoms with van der Waals surface area (Å²) in [7, 11) is 0. The van der Waals surface area contributed by atoms with Crippen molar-refractivity contribution < 1.29 is 15.6 Å². The van der Waals surface area contributed by atoms with E-state index in [4.69, 9.17) is 0 Å². The van der Waals surface area contributed by atoms with Crippen LogP contribution in [0.25, 0.3) is 6.08 Å². The Morgan fingerprint density at radius 3 is 2.20 bits per heavy atom. The molecule has 0 heterocycles. The molecule has 2 aromatic rings. The van der Waals surface area contributed by atoms with Gasteiger partial charge in [-0.15, -0.1) is 0 Å². The summed E-state index contributed by atoms with van der Waals surface area (Å²) in [5.74, 6) is -1.19. The molecule has 0 radical (unpaired) electrons. The van der Waals surface area contributed by atoms with E-state index >= 15 is 0 Å². The van der Waals surface area contributed by atoms with Crippen LogP contribution < -0.4 is 10.8 Å². The van der Waals surface area contributed by atoms with E-state index in [1.165, 1.54) is 11.6 Å². The number of carbonyl (C=O) groups is 1. The van der Waals surface area contributed by atoms with Crippen molar-refractivity contribution >= 4 is 28.0 Å². The van der Waals surface area contributed by atoms with Crippen molar-refractivity contribution in [1.29, 1.82) is 0 Å². The summed E-state index contributed by atoms with van der Waals surface area (Å²) < 4.78 is 0.863. The van der Waals surface area contributed by atoms with Crippen LogP contribution in [0, 0.1) is 0 Å². The molecule has 3 N–H and O–H groups in total. The van der Waals surface area contributed by atoms with Crippen LogP contribution in [0.15, 0.2) is 65.1 Å². The first-order chi connectivity index (χ1) is 9.63. The lowest BCUT2D eigenvalue weighted by atomic mass is 10.2. The van der Waals surface area contributed by atoms with Crippen molar-refractivity contribution in [2.24, 2.45) is 0 Å². The molecule has 0 atom stereocenters.